The van der Waals surface area contributed by atoms with Crippen LogP contribution < -0.4 is 5.32 Å². The summed E-state index contributed by atoms with van der Waals surface area (Å²) in [5.41, 5.74) is 1.70. The van der Waals surface area contributed by atoms with E-state index >= 15 is 0 Å². The van der Waals surface area contributed by atoms with Crippen LogP contribution in [0.25, 0.3) is 0 Å². The summed E-state index contributed by atoms with van der Waals surface area (Å²) in [6.45, 7) is 5.91. The standard InChI is InChI=1S/C15H25N/c1-3-13(14-7-5-4-6-8-14)11-15-9-10-16-12(15)2/h4-5,7,12-13,15-16H,3,6,8-11H2,1-2H3/t12-,13?,15?/m0/s1. The van der Waals surface area contributed by atoms with E-state index in [0.717, 1.165) is 17.9 Å². The molecule has 16 heavy (non-hydrogen) atoms. The summed E-state index contributed by atoms with van der Waals surface area (Å²) >= 11 is 0. The van der Waals surface area contributed by atoms with Gasteiger partial charge in [-0.2, -0.15) is 0 Å². The van der Waals surface area contributed by atoms with E-state index in [9.17, 15) is 0 Å². The van der Waals surface area contributed by atoms with Gasteiger partial charge in [0, 0.05) is 6.04 Å². The second-order valence-electron chi connectivity index (χ2n) is 5.34. The molecule has 0 amide bonds. The highest BCUT2D eigenvalue weighted by Crippen LogP contribution is 2.32. The molecule has 1 aliphatic heterocycles. The predicted octanol–water partition coefficient (Wildman–Crippen LogP) is 3.68. The molecule has 2 unspecified atom stereocenters. The highest BCUT2D eigenvalue weighted by atomic mass is 14.9. The monoisotopic (exact) mass is 219 g/mol. The maximum Gasteiger partial charge on any atom is 0.00676 e. The molecule has 0 radical (unpaired) electrons. The molecule has 0 bridgehead atoms. The summed E-state index contributed by atoms with van der Waals surface area (Å²) in [6, 6.07) is 0.730. The van der Waals surface area contributed by atoms with Crippen LogP contribution in [0, 0.1) is 11.8 Å². The summed E-state index contributed by atoms with van der Waals surface area (Å²) in [5, 5.41) is 3.57. The largest absolute Gasteiger partial charge is 0.314 e. The van der Waals surface area contributed by atoms with E-state index in [2.05, 4.69) is 37.4 Å². The smallest absolute Gasteiger partial charge is 0.00676 e. The van der Waals surface area contributed by atoms with Crippen LogP contribution in [0.2, 0.25) is 0 Å². The zero-order valence-electron chi connectivity index (χ0n) is 10.7. The van der Waals surface area contributed by atoms with Crippen molar-refractivity contribution in [2.24, 2.45) is 11.8 Å². The van der Waals surface area contributed by atoms with Gasteiger partial charge in [-0.25, -0.2) is 0 Å². The Labute approximate surface area is 100 Å². The highest BCUT2D eigenvalue weighted by Gasteiger charge is 2.26. The van der Waals surface area contributed by atoms with Crippen molar-refractivity contribution in [3.63, 3.8) is 0 Å². The number of hydrogen-bond acceptors (Lipinski definition) is 1. The SMILES string of the molecule is CCC(CC1CCN[C@H]1C)C1=CC=CCC1. The summed E-state index contributed by atoms with van der Waals surface area (Å²) < 4.78 is 0. The lowest BCUT2D eigenvalue weighted by atomic mass is 9.81. The van der Waals surface area contributed by atoms with Gasteiger partial charge >= 0.3 is 0 Å². The first kappa shape index (κ1) is 11.9. The van der Waals surface area contributed by atoms with Crippen molar-refractivity contribution in [3.8, 4) is 0 Å². The van der Waals surface area contributed by atoms with Crippen LogP contribution in [-0.4, -0.2) is 12.6 Å². The fourth-order valence-electron chi connectivity index (χ4n) is 3.14. The van der Waals surface area contributed by atoms with Gasteiger partial charge in [0.1, 0.15) is 0 Å². The van der Waals surface area contributed by atoms with Gasteiger partial charge in [0.25, 0.3) is 0 Å². The van der Waals surface area contributed by atoms with Gasteiger partial charge in [0.2, 0.25) is 0 Å². The first-order valence-corrected chi connectivity index (χ1v) is 6.90. The molecule has 0 spiro atoms. The number of hydrogen-bond donors (Lipinski definition) is 1. The minimum Gasteiger partial charge on any atom is -0.314 e. The number of allylic oxidation sites excluding steroid dienone is 4. The third-order valence-corrected chi connectivity index (χ3v) is 4.34. The van der Waals surface area contributed by atoms with Crippen LogP contribution in [0.3, 0.4) is 0 Å². The van der Waals surface area contributed by atoms with Crippen molar-refractivity contribution in [1.82, 2.24) is 5.32 Å². The molecule has 90 valence electrons. The molecule has 2 rings (SSSR count). The molecule has 1 aliphatic carbocycles. The quantitative estimate of drug-likeness (QED) is 0.760. The summed E-state index contributed by atoms with van der Waals surface area (Å²) in [7, 11) is 0. The number of nitrogens with one attached hydrogen (secondary N) is 1. The molecule has 1 nitrogen and oxygen atoms in total. The van der Waals surface area contributed by atoms with Gasteiger partial charge in [-0.15, -0.1) is 0 Å². The Morgan fingerprint density at radius 2 is 2.38 bits per heavy atom. The topological polar surface area (TPSA) is 12.0 Å². The van der Waals surface area contributed by atoms with E-state index in [1.807, 2.05) is 0 Å². The van der Waals surface area contributed by atoms with E-state index < -0.39 is 0 Å². The van der Waals surface area contributed by atoms with Crippen molar-refractivity contribution in [2.45, 2.75) is 52.0 Å². The Balaban J connectivity index is 1.94. The van der Waals surface area contributed by atoms with Gasteiger partial charge in [0.15, 0.2) is 0 Å². The lowest BCUT2D eigenvalue weighted by Gasteiger charge is -2.25. The van der Waals surface area contributed by atoms with E-state index in [4.69, 9.17) is 0 Å². The van der Waals surface area contributed by atoms with Crippen molar-refractivity contribution >= 4 is 0 Å². The second-order valence-corrected chi connectivity index (χ2v) is 5.34. The maximum absolute atomic E-state index is 3.57. The van der Waals surface area contributed by atoms with Crippen molar-refractivity contribution in [2.75, 3.05) is 6.54 Å². The van der Waals surface area contributed by atoms with E-state index in [1.165, 1.54) is 38.6 Å². The van der Waals surface area contributed by atoms with Crippen LogP contribution in [0.5, 0.6) is 0 Å². The van der Waals surface area contributed by atoms with Gasteiger partial charge < -0.3 is 5.32 Å². The van der Waals surface area contributed by atoms with Gasteiger partial charge in [-0.1, -0.05) is 30.7 Å². The van der Waals surface area contributed by atoms with Crippen LogP contribution in [0.1, 0.15) is 46.0 Å². The fourth-order valence-corrected chi connectivity index (χ4v) is 3.14. The first-order valence-electron chi connectivity index (χ1n) is 6.90. The van der Waals surface area contributed by atoms with Crippen LogP contribution in [-0.2, 0) is 0 Å². The molecule has 1 heteroatoms. The minimum absolute atomic E-state index is 0.730. The lowest BCUT2D eigenvalue weighted by molar-refractivity contribution is 0.367. The molecule has 1 heterocycles. The minimum atomic E-state index is 0.730. The molecule has 3 atom stereocenters. The molecule has 1 N–H and O–H groups in total. The third kappa shape index (κ3) is 2.76. The fraction of sp³-hybridized carbons (Fsp3) is 0.733. The van der Waals surface area contributed by atoms with Crippen LogP contribution >= 0.6 is 0 Å². The van der Waals surface area contributed by atoms with Crippen LogP contribution in [0.15, 0.2) is 23.8 Å². The molecule has 0 aromatic heterocycles. The Morgan fingerprint density at radius 3 is 2.94 bits per heavy atom. The second kappa shape index (κ2) is 5.67. The van der Waals surface area contributed by atoms with Crippen molar-refractivity contribution in [1.29, 1.82) is 0 Å². The van der Waals surface area contributed by atoms with Crippen LogP contribution in [0.4, 0.5) is 0 Å². The molecule has 0 aromatic rings. The zero-order chi connectivity index (χ0) is 11.4. The molecular weight excluding hydrogens is 194 g/mol. The third-order valence-electron chi connectivity index (χ3n) is 4.34. The van der Waals surface area contributed by atoms with Gasteiger partial charge in [-0.05, 0) is 57.4 Å². The Kier molecular flexibility index (Phi) is 4.22. The van der Waals surface area contributed by atoms with E-state index in [-0.39, 0.29) is 0 Å². The Bertz CT molecular complexity index is 277. The summed E-state index contributed by atoms with van der Waals surface area (Å²) in [5.74, 6) is 1.73. The first-order chi connectivity index (χ1) is 7.81. The number of rotatable bonds is 4. The van der Waals surface area contributed by atoms with Gasteiger partial charge in [0.05, 0.1) is 0 Å². The lowest BCUT2D eigenvalue weighted by Crippen LogP contribution is -2.24. The molecule has 0 aromatic carbocycles. The summed E-state index contributed by atoms with van der Waals surface area (Å²) in [4.78, 5) is 0. The molecule has 1 fully saturated rings. The zero-order valence-corrected chi connectivity index (χ0v) is 10.7. The van der Waals surface area contributed by atoms with Gasteiger partial charge in [-0.3, -0.25) is 0 Å². The molecule has 0 saturated carbocycles. The normalized spacial score (nSPS) is 31.5. The predicted molar refractivity (Wildman–Crippen MR) is 70.4 cm³/mol. The Hall–Kier alpha value is -0.560. The van der Waals surface area contributed by atoms with E-state index in [1.54, 1.807) is 5.57 Å². The van der Waals surface area contributed by atoms with E-state index in [0.29, 0.717) is 0 Å². The molecular formula is C15H25N. The van der Waals surface area contributed by atoms with Crippen molar-refractivity contribution in [3.05, 3.63) is 23.8 Å². The maximum atomic E-state index is 3.57. The average molecular weight is 219 g/mol. The van der Waals surface area contributed by atoms with Crippen molar-refractivity contribution < 1.29 is 0 Å². The summed E-state index contributed by atoms with van der Waals surface area (Å²) in [6.07, 6.45) is 13.5. The Morgan fingerprint density at radius 1 is 1.50 bits per heavy atom. The average Bonchev–Trinajstić information content (AvgIpc) is 2.73. The molecule has 1 saturated heterocycles. The highest BCUT2D eigenvalue weighted by molar-refractivity contribution is 5.20. The molecule has 2 aliphatic rings.